The van der Waals surface area contributed by atoms with E-state index in [4.69, 9.17) is 0 Å². The molecule has 0 aromatic heterocycles. The predicted octanol–water partition coefficient (Wildman–Crippen LogP) is 3.88. The van der Waals surface area contributed by atoms with Crippen molar-refractivity contribution in [2.45, 2.75) is 32.5 Å². The highest BCUT2D eigenvalue weighted by Crippen LogP contribution is 2.27. The molecule has 0 aliphatic carbocycles. The van der Waals surface area contributed by atoms with Gasteiger partial charge in [-0.25, -0.2) is 0 Å². The predicted molar refractivity (Wildman–Crippen MR) is 51.8 cm³/mol. The molecule has 0 radical (unpaired) electrons. The molecule has 4 heteroatoms. The van der Waals surface area contributed by atoms with Gasteiger partial charge in [0.25, 0.3) is 0 Å². The highest BCUT2D eigenvalue weighted by atomic mass is 19.4. The van der Waals surface area contributed by atoms with Gasteiger partial charge < -0.3 is 4.74 Å². The van der Waals surface area contributed by atoms with E-state index < -0.39 is 6.36 Å². The number of hydrogen-bond donors (Lipinski definition) is 0. The van der Waals surface area contributed by atoms with Crippen molar-refractivity contribution in [3.05, 3.63) is 29.8 Å². The van der Waals surface area contributed by atoms with Crippen LogP contribution in [0.4, 0.5) is 13.2 Å². The molecule has 1 rings (SSSR count). The zero-order valence-corrected chi connectivity index (χ0v) is 8.85. The van der Waals surface area contributed by atoms with Crippen LogP contribution < -0.4 is 4.74 Å². The largest absolute Gasteiger partial charge is 0.573 e. The van der Waals surface area contributed by atoms with Crippen molar-refractivity contribution < 1.29 is 17.9 Å². The van der Waals surface area contributed by atoms with Gasteiger partial charge in [-0.15, -0.1) is 13.2 Å². The number of ether oxygens (including phenoxy) is 1. The van der Waals surface area contributed by atoms with Gasteiger partial charge in [-0.1, -0.05) is 32.9 Å². The van der Waals surface area contributed by atoms with Crippen LogP contribution in [0.3, 0.4) is 0 Å². The second-order valence-electron chi connectivity index (χ2n) is 4.32. The summed E-state index contributed by atoms with van der Waals surface area (Å²) in [4.78, 5) is 0. The molecule has 0 saturated carbocycles. The summed E-state index contributed by atoms with van der Waals surface area (Å²) < 4.78 is 39.3. The fourth-order valence-electron chi connectivity index (χ4n) is 1.16. The van der Waals surface area contributed by atoms with Crippen molar-refractivity contribution in [2.24, 2.45) is 0 Å². The Hall–Kier alpha value is -1.19. The third kappa shape index (κ3) is 3.81. The summed E-state index contributed by atoms with van der Waals surface area (Å²) in [5, 5.41) is 0. The van der Waals surface area contributed by atoms with Gasteiger partial charge in [0.1, 0.15) is 5.75 Å². The molecule has 0 spiro atoms. The molecule has 15 heavy (non-hydrogen) atoms. The van der Waals surface area contributed by atoms with Crippen LogP contribution in [0.5, 0.6) is 5.75 Å². The van der Waals surface area contributed by atoms with Gasteiger partial charge in [-0.3, -0.25) is 0 Å². The van der Waals surface area contributed by atoms with E-state index >= 15 is 0 Å². The van der Waals surface area contributed by atoms with Crippen LogP contribution in [0.1, 0.15) is 26.3 Å². The molecule has 0 N–H and O–H groups in total. The standard InChI is InChI=1S/C11H13F3O/c1-10(2,3)8-4-6-9(7-5-8)15-11(12,13)14/h4-7H,1-3H3. The lowest BCUT2D eigenvalue weighted by Crippen LogP contribution is -2.17. The molecule has 0 aliphatic heterocycles. The number of rotatable bonds is 1. The van der Waals surface area contributed by atoms with E-state index in [1.54, 1.807) is 12.1 Å². The minimum atomic E-state index is -4.62. The van der Waals surface area contributed by atoms with Gasteiger partial charge in [0.15, 0.2) is 0 Å². The zero-order chi connectivity index (χ0) is 11.7. The summed E-state index contributed by atoms with van der Waals surface area (Å²) in [6.07, 6.45) is -4.62. The first-order valence-corrected chi connectivity index (χ1v) is 4.55. The van der Waals surface area contributed by atoms with E-state index in [1.807, 2.05) is 20.8 Å². The van der Waals surface area contributed by atoms with Gasteiger partial charge in [0.2, 0.25) is 0 Å². The van der Waals surface area contributed by atoms with Gasteiger partial charge in [0, 0.05) is 0 Å². The third-order valence-corrected chi connectivity index (χ3v) is 1.95. The molecule has 0 amide bonds. The van der Waals surface area contributed by atoms with E-state index in [-0.39, 0.29) is 11.2 Å². The van der Waals surface area contributed by atoms with Crippen LogP contribution in [-0.2, 0) is 5.41 Å². The third-order valence-electron chi connectivity index (χ3n) is 1.95. The quantitative estimate of drug-likeness (QED) is 0.695. The van der Waals surface area contributed by atoms with Crippen molar-refractivity contribution in [1.29, 1.82) is 0 Å². The lowest BCUT2D eigenvalue weighted by Gasteiger charge is -2.19. The molecule has 0 atom stereocenters. The van der Waals surface area contributed by atoms with E-state index in [0.29, 0.717) is 0 Å². The Kier molecular flexibility index (Phi) is 2.98. The summed E-state index contributed by atoms with van der Waals surface area (Å²) in [6, 6.07) is 5.93. The molecule has 0 aliphatic rings. The van der Waals surface area contributed by atoms with Crippen molar-refractivity contribution >= 4 is 0 Å². The molecular weight excluding hydrogens is 205 g/mol. The van der Waals surface area contributed by atoms with Crippen molar-refractivity contribution in [3.8, 4) is 5.75 Å². The Morgan fingerprint density at radius 2 is 1.40 bits per heavy atom. The SMILES string of the molecule is CC(C)(C)c1ccc(OC(F)(F)F)cc1. The average Bonchev–Trinajstić information content (AvgIpc) is 2.00. The minimum Gasteiger partial charge on any atom is -0.406 e. The zero-order valence-electron chi connectivity index (χ0n) is 8.85. The Morgan fingerprint density at radius 1 is 0.933 bits per heavy atom. The van der Waals surface area contributed by atoms with E-state index in [0.717, 1.165) is 5.56 Å². The number of alkyl halides is 3. The minimum absolute atomic E-state index is 0.0727. The molecule has 84 valence electrons. The highest BCUT2D eigenvalue weighted by Gasteiger charge is 2.31. The normalized spacial score (nSPS) is 12.7. The fraction of sp³-hybridized carbons (Fsp3) is 0.455. The molecular formula is C11H13F3O. The van der Waals surface area contributed by atoms with Gasteiger partial charge >= 0.3 is 6.36 Å². The maximum Gasteiger partial charge on any atom is 0.573 e. The maximum atomic E-state index is 11.9. The second kappa shape index (κ2) is 3.76. The van der Waals surface area contributed by atoms with Crippen LogP contribution >= 0.6 is 0 Å². The second-order valence-corrected chi connectivity index (χ2v) is 4.32. The molecule has 0 fully saturated rings. The number of halogens is 3. The summed E-state index contributed by atoms with van der Waals surface area (Å²) in [5.74, 6) is -0.185. The summed E-state index contributed by atoms with van der Waals surface area (Å²) in [7, 11) is 0. The van der Waals surface area contributed by atoms with Gasteiger partial charge in [-0.2, -0.15) is 0 Å². The van der Waals surface area contributed by atoms with Crippen LogP contribution in [0.25, 0.3) is 0 Å². The van der Waals surface area contributed by atoms with Gasteiger partial charge in [0.05, 0.1) is 0 Å². The lowest BCUT2D eigenvalue weighted by molar-refractivity contribution is -0.274. The molecule has 1 aromatic rings. The van der Waals surface area contributed by atoms with E-state index in [9.17, 15) is 13.2 Å². The smallest absolute Gasteiger partial charge is 0.406 e. The maximum absolute atomic E-state index is 11.9. The Bertz CT molecular complexity index is 319. The molecule has 0 saturated heterocycles. The molecule has 1 aromatic carbocycles. The lowest BCUT2D eigenvalue weighted by atomic mass is 9.87. The first-order chi connectivity index (χ1) is 6.68. The topological polar surface area (TPSA) is 9.23 Å². The first-order valence-electron chi connectivity index (χ1n) is 4.55. The van der Waals surface area contributed by atoms with Crippen LogP contribution in [0, 0.1) is 0 Å². The Morgan fingerprint density at radius 3 is 1.73 bits per heavy atom. The molecule has 0 heterocycles. The summed E-state index contributed by atoms with van der Waals surface area (Å²) in [6.45, 7) is 5.98. The highest BCUT2D eigenvalue weighted by molar-refractivity contribution is 5.31. The molecule has 1 nitrogen and oxygen atoms in total. The molecule has 0 bridgehead atoms. The average molecular weight is 218 g/mol. The van der Waals surface area contributed by atoms with Crippen molar-refractivity contribution in [1.82, 2.24) is 0 Å². The monoisotopic (exact) mass is 218 g/mol. The summed E-state index contributed by atoms with van der Waals surface area (Å²) in [5.41, 5.74) is 0.897. The number of benzene rings is 1. The van der Waals surface area contributed by atoms with Crippen molar-refractivity contribution in [3.63, 3.8) is 0 Å². The first kappa shape index (κ1) is 11.9. The van der Waals surface area contributed by atoms with Crippen LogP contribution in [-0.4, -0.2) is 6.36 Å². The van der Waals surface area contributed by atoms with Crippen LogP contribution in [0.2, 0.25) is 0 Å². The summed E-state index contributed by atoms with van der Waals surface area (Å²) >= 11 is 0. The van der Waals surface area contributed by atoms with E-state index in [2.05, 4.69) is 4.74 Å². The van der Waals surface area contributed by atoms with Crippen LogP contribution in [0.15, 0.2) is 24.3 Å². The Balaban J connectivity index is 2.82. The fourth-order valence-corrected chi connectivity index (χ4v) is 1.16. The van der Waals surface area contributed by atoms with Crippen molar-refractivity contribution in [2.75, 3.05) is 0 Å². The van der Waals surface area contributed by atoms with E-state index in [1.165, 1.54) is 12.1 Å². The number of hydrogen-bond acceptors (Lipinski definition) is 1. The van der Waals surface area contributed by atoms with Gasteiger partial charge in [-0.05, 0) is 23.1 Å². The Labute approximate surface area is 86.9 Å². The molecule has 0 unspecified atom stereocenters.